The summed E-state index contributed by atoms with van der Waals surface area (Å²) >= 11 is 0. The Bertz CT molecular complexity index is 1100. The van der Waals surface area contributed by atoms with E-state index < -0.39 is 12.0 Å². The van der Waals surface area contributed by atoms with Gasteiger partial charge in [0, 0.05) is 17.8 Å². The first-order chi connectivity index (χ1) is 17.0. The fourth-order valence-corrected chi connectivity index (χ4v) is 4.39. The molecule has 0 radical (unpaired) electrons. The Hall–Kier alpha value is -3.98. The number of nitrogens with one attached hydrogen (secondary N) is 1. The van der Waals surface area contributed by atoms with Crippen molar-refractivity contribution < 1.29 is 14.4 Å². The number of para-hydroxylation sites is 1. The van der Waals surface area contributed by atoms with Gasteiger partial charge < -0.3 is 10.2 Å². The lowest BCUT2D eigenvalue weighted by Crippen LogP contribution is -2.42. The molecule has 2 aliphatic rings. The molecular formula is C29H31N3O3. The lowest BCUT2D eigenvalue weighted by Gasteiger charge is -2.26. The van der Waals surface area contributed by atoms with Gasteiger partial charge in [-0.15, -0.1) is 0 Å². The Morgan fingerprint density at radius 3 is 2.43 bits per heavy atom. The predicted octanol–water partition coefficient (Wildman–Crippen LogP) is 5.17. The van der Waals surface area contributed by atoms with E-state index in [0.717, 1.165) is 24.1 Å². The van der Waals surface area contributed by atoms with Crippen LogP contribution in [0.15, 0.2) is 84.5 Å². The zero-order valence-corrected chi connectivity index (χ0v) is 20.0. The highest BCUT2D eigenvalue weighted by atomic mass is 16.2. The van der Waals surface area contributed by atoms with Gasteiger partial charge in [-0.05, 0) is 43.7 Å². The minimum atomic E-state index is -0.753. The SMILES string of the molecule is CC1CC(C#N)N(C(=O)C(CC2=CC=CCC2)C(=O)c2ccccc2)C1.O=CNc1ccccc1. The van der Waals surface area contributed by atoms with E-state index in [-0.39, 0.29) is 17.6 Å². The number of hydrogen-bond donors (Lipinski definition) is 1. The van der Waals surface area contributed by atoms with Crippen LogP contribution < -0.4 is 5.32 Å². The number of nitrogens with zero attached hydrogens (tertiary/aromatic N) is 2. The maximum atomic E-state index is 13.3. The molecule has 0 aromatic heterocycles. The van der Waals surface area contributed by atoms with Crippen molar-refractivity contribution in [1.29, 1.82) is 5.26 Å². The van der Waals surface area contributed by atoms with E-state index in [2.05, 4.69) is 17.5 Å². The fourth-order valence-electron chi connectivity index (χ4n) is 4.39. The standard InChI is InChI=1S/C22H24N2O2.C7H7NO/c1-16-12-19(14-23)24(15-16)22(26)20(13-17-8-4-2-5-9-17)21(25)18-10-6-3-7-11-18;9-6-8-7-4-2-1-3-5-7/h2-4,6-8,10-11,16,19-20H,5,9,12-13,15H2,1H3;1-6H,(H,8,9). The van der Waals surface area contributed by atoms with Crippen LogP contribution >= 0.6 is 0 Å². The minimum Gasteiger partial charge on any atom is -0.329 e. The Labute approximate surface area is 206 Å². The van der Waals surface area contributed by atoms with Gasteiger partial charge in [-0.25, -0.2) is 0 Å². The van der Waals surface area contributed by atoms with Gasteiger partial charge in [-0.3, -0.25) is 14.4 Å². The van der Waals surface area contributed by atoms with Gasteiger partial charge >= 0.3 is 0 Å². The van der Waals surface area contributed by atoms with Crippen molar-refractivity contribution in [2.45, 2.75) is 38.6 Å². The fraction of sp³-hybridized carbons (Fsp3) is 0.310. The highest BCUT2D eigenvalue weighted by molar-refractivity contribution is 6.10. The monoisotopic (exact) mass is 469 g/mol. The van der Waals surface area contributed by atoms with Crippen LogP contribution in [0, 0.1) is 23.2 Å². The molecular weight excluding hydrogens is 438 g/mol. The van der Waals surface area contributed by atoms with Crippen LogP contribution in [0.4, 0.5) is 5.69 Å². The first-order valence-electron chi connectivity index (χ1n) is 11.9. The number of Topliss-reactive ketones (excluding diaryl/α,β-unsaturated/α-hetero) is 1. The van der Waals surface area contributed by atoms with Crippen LogP contribution in [-0.4, -0.2) is 35.6 Å². The molecule has 4 rings (SSSR count). The molecule has 35 heavy (non-hydrogen) atoms. The van der Waals surface area contributed by atoms with Crippen LogP contribution in [0.5, 0.6) is 0 Å². The number of nitriles is 1. The lowest BCUT2D eigenvalue weighted by atomic mass is 9.87. The van der Waals surface area contributed by atoms with E-state index in [1.807, 2.05) is 67.6 Å². The smallest absolute Gasteiger partial charge is 0.234 e. The van der Waals surface area contributed by atoms with Crippen molar-refractivity contribution in [3.8, 4) is 6.07 Å². The average Bonchev–Trinajstić information content (AvgIpc) is 3.29. The molecule has 1 heterocycles. The van der Waals surface area contributed by atoms with Crippen LogP contribution in [0.25, 0.3) is 0 Å². The van der Waals surface area contributed by atoms with Gasteiger partial charge in [0.25, 0.3) is 0 Å². The second kappa shape index (κ2) is 13.0. The Morgan fingerprint density at radius 2 is 1.83 bits per heavy atom. The molecule has 0 bridgehead atoms. The van der Waals surface area contributed by atoms with E-state index in [0.29, 0.717) is 31.4 Å². The summed E-state index contributed by atoms with van der Waals surface area (Å²) in [6, 6.07) is 20.1. The number of carbonyl (C=O) groups is 3. The predicted molar refractivity (Wildman–Crippen MR) is 136 cm³/mol. The number of allylic oxidation sites excluding steroid dienone is 4. The third-order valence-electron chi connectivity index (χ3n) is 6.18. The molecule has 2 aromatic rings. The summed E-state index contributed by atoms with van der Waals surface area (Å²) in [5.74, 6) is -0.822. The number of ketones is 1. The third-order valence-corrected chi connectivity index (χ3v) is 6.18. The molecule has 3 unspecified atom stereocenters. The first kappa shape index (κ1) is 25.6. The van der Waals surface area contributed by atoms with Gasteiger partial charge in [0.2, 0.25) is 12.3 Å². The molecule has 0 saturated carbocycles. The molecule has 1 saturated heterocycles. The number of benzene rings is 2. The van der Waals surface area contributed by atoms with E-state index in [1.54, 1.807) is 17.0 Å². The summed E-state index contributed by atoms with van der Waals surface area (Å²) in [6.07, 6.45) is 9.68. The van der Waals surface area contributed by atoms with E-state index in [9.17, 15) is 19.6 Å². The molecule has 0 spiro atoms. The molecule has 1 aliphatic heterocycles. The van der Waals surface area contributed by atoms with Crippen LogP contribution in [-0.2, 0) is 9.59 Å². The Kier molecular flexibility index (Phi) is 9.56. The summed E-state index contributed by atoms with van der Waals surface area (Å²) in [6.45, 7) is 2.59. The van der Waals surface area contributed by atoms with Crippen molar-refractivity contribution in [1.82, 2.24) is 4.90 Å². The van der Waals surface area contributed by atoms with Crippen molar-refractivity contribution in [2.24, 2.45) is 11.8 Å². The molecule has 1 N–H and O–H groups in total. The van der Waals surface area contributed by atoms with E-state index in [4.69, 9.17) is 0 Å². The molecule has 180 valence electrons. The second-order valence-corrected chi connectivity index (χ2v) is 8.88. The van der Waals surface area contributed by atoms with Gasteiger partial charge in [-0.1, -0.05) is 79.3 Å². The minimum absolute atomic E-state index is 0.151. The topological polar surface area (TPSA) is 90.3 Å². The number of amides is 2. The number of hydrogen-bond acceptors (Lipinski definition) is 4. The molecule has 3 atom stereocenters. The third kappa shape index (κ3) is 7.25. The quantitative estimate of drug-likeness (QED) is 0.344. The zero-order chi connectivity index (χ0) is 25.0. The largest absolute Gasteiger partial charge is 0.329 e. The molecule has 6 heteroatoms. The maximum Gasteiger partial charge on any atom is 0.234 e. The summed E-state index contributed by atoms with van der Waals surface area (Å²) < 4.78 is 0. The molecule has 6 nitrogen and oxygen atoms in total. The highest BCUT2D eigenvalue weighted by Gasteiger charge is 2.39. The van der Waals surface area contributed by atoms with E-state index >= 15 is 0 Å². The average molecular weight is 470 g/mol. The first-order valence-corrected chi connectivity index (χ1v) is 11.9. The zero-order valence-electron chi connectivity index (χ0n) is 20.0. The van der Waals surface area contributed by atoms with Crippen molar-refractivity contribution in [2.75, 3.05) is 11.9 Å². The Balaban J connectivity index is 0.000000320. The number of anilines is 1. The van der Waals surface area contributed by atoms with Gasteiger partial charge in [0.15, 0.2) is 5.78 Å². The van der Waals surface area contributed by atoms with Crippen molar-refractivity contribution >= 4 is 23.8 Å². The summed E-state index contributed by atoms with van der Waals surface area (Å²) in [7, 11) is 0. The van der Waals surface area contributed by atoms with Crippen LogP contribution in [0.3, 0.4) is 0 Å². The maximum absolute atomic E-state index is 13.3. The lowest BCUT2D eigenvalue weighted by molar-refractivity contribution is -0.134. The number of carbonyl (C=O) groups excluding carboxylic acids is 3. The van der Waals surface area contributed by atoms with E-state index in [1.165, 1.54) is 0 Å². The van der Waals surface area contributed by atoms with Gasteiger partial charge in [0.1, 0.15) is 12.0 Å². The molecule has 1 aliphatic carbocycles. The van der Waals surface area contributed by atoms with Crippen molar-refractivity contribution in [3.05, 3.63) is 90.0 Å². The normalized spacial score (nSPS) is 19.4. The second-order valence-electron chi connectivity index (χ2n) is 8.88. The number of rotatable bonds is 7. The number of likely N-dealkylation sites (tertiary alicyclic amines) is 1. The van der Waals surface area contributed by atoms with Crippen LogP contribution in [0.1, 0.15) is 43.0 Å². The van der Waals surface area contributed by atoms with Crippen LogP contribution in [0.2, 0.25) is 0 Å². The van der Waals surface area contributed by atoms with Crippen molar-refractivity contribution in [3.63, 3.8) is 0 Å². The molecule has 1 fully saturated rings. The highest BCUT2D eigenvalue weighted by Crippen LogP contribution is 2.29. The summed E-state index contributed by atoms with van der Waals surface area (Å²) in [4.78, 5) is 37.9. The Morgan fingerprint density at radius 1 is 1.14 bits per heavy atom. The van der Waals surface area contributed by atoms with Gasteiger partial charge in [0.05, 0.1) is 6.07 Å². The molecule has 2 aromatic carbocycles. The summed E-state index contributed by atoms with van der Waals surface area (Å²) in [5.41, 5.74) is 2.50. The molecule has 2 amide bonds. The summed E-state index contributed by atoms with van der Waals surface area (Å²) in [5, 5.41) is 11.9. The van der Waals surface area contributed by atoms with Gasteiger partial charge in [-0.2, -0.15) is 5.26 Å².